The van der Waals surface area contributed by atoms with Crippen molar-refractivity contribution in [2.45, 2.75) is 50.7 Å². The van der Waals surface area contributed by atoms with Gasteiger partial charge in [-0.25, -0.2) is 0 Å². The number of hydrogen-bond donors (Lipinski definition) is 1. The highest BCUT2D eigenvalue weighted by Crippen LogP contribution is 2.31. The Hall–Kier alpha value is -1.59. The Labute approximate surface area is 112 Å². The lowest BCUT2D eigenvalue weighted by molar-refractivity contribution is -0.162. The molecule has 104 valence electrons. The van der Waals surface area contributed by atoms with Crippen LogP contribution in [-0.4, -0.2) is 58.7 Å². The molecule has 6 nitrogen and oxygen atoms in total. The summed E-state index contributed by atoms with van der Waals surface area (Å²) in [6, 6.07) is -0.962. The van der Waals surface area contributed by atoms with Gasteiger partial charge in [-0.05, 0) is 25.7 Å². The van der Waals surface area contributed by atoms with Crippen molar-refractivity contribution in [2.75, 3.05) is 13.1 Å². The van der Waals surface area contributed by atoms with E-state index in [1.54, 1.807) is 9.80 Å². The molecule has 3 aliphatic rings. The molecule has 3 atom stereocenters. The van der Waals surface area contributed by atoms with Gasteiger partial charge in [0.15, 0.2) is 0 Å². The Kier molecular flexibility index (Phi) is 2.95. The number of fused-ring (bicyclic) bond motifs is 2. The van der Waals surface area contributed by atoms with Crippen LogP contribution >= 0.6 is 0 Å². The van der Waals surface area contributed by atoms with Gasteiger partial charge in [0, 0.05) is 20.0 Å². The first-order valence-electron chi connectivity index (χ1n) is 6.97. The number of rotatable bonds is 1. The molecular weight excluding hydrogens is 246 g/mol. The summed E-state index contributed by atoms with van der Waals surface area (Å²) in [4.78, 5) is 39.6. The number of nitrogens with zero attached hydrogens (tertiary/aromatic N) is 2. The molecule has 6 heteroatoms. The average Bonchev–Trinajstić information content (AvgIpc) is 2.79. The molecule has 3 unspecified atom stereocenters. The summed E-state index contributed by atoms with van der Waals surface area (Å²) in [6.45, 7) is 2.69. The molecule has 0 saturated carbocycles. The average molecular weight is 265 g/mol. The quantitative estimate of drug-likeness (QED) is 0.694. The van der Waals surface area contributed by atoms with Crippen molar-refractivity contribution in [2.24, 2.45) is 0 Å². The second-order valence-electron chi connectivity index (χ2n) is 5.62. The van der Waals surface area contributed by atoms with Crippen LogP contribution in [0.5, 0.6) is 0 Å². The van der Waals surface area contributed by atoms with E-state index < -0.39 is 6.04 Å². The monoisotopic (exact) mass is 265 g/mol. The first kappa shape index (κ1) is 12.4. The van der Waals surface area contributed by atoms with Gasteiger partial charge < -0.3 is 15.1 Å². The van der Waals surface area contributed by atoms with E-state index in [1.807, 2.05) is 0 Å². The molecule has 3 amide bonds. The molecule has 1 N–H and O–H groups in total. The van der Waals surface area contributed by atoms with Gasteiger partial charge in [0.25, 0.3) is 0 Å². The van der Waals surface area contributed by atoms with Gasteiger partial charge in [0.05, 0.1) is 6.04 Å². The Balaban J connectivity index is 1.86. The first-order chi connectivity index (χ1) is 9.09. The van der Waals surface area contributed by atoms with Gasteiger partial charge >= 0.3 is 0 Å². The highest BCUT2D eigenvalue weighted by Gasteiger charge is 2.52. The maximum atomic E-state index is 12.6. The SMILES string of the molecule is CC(=O)NC1CCN2C(=O)C3CCCCN3C(=O)C12. The van der Waals surface area contributed by atoms with Crippen molar-refractivity contribution < 1.29 is 14.4 Å². The Bertz CT molecular complexity index is 437. The van der Waals surface area contributed by atoms with E-state index in [-0.39, 0.29) is 29.8 Å². The van der Waals surface area contributed by atoms with Gasteiger partial charge in [-0.1, -0.05) is 0 Å². The van der Waals surface area contributed by atoms with Crippen molar-refractivity contribution in [3.63, 3.8) is 0 Å². The van der Waals surface area contributed by atoms with Gasteiger partial charge in [-0.2, -0.15) is 0 Å². The van der Waals surface area contributed by atoms with Crippen LogP contribution in [-0.2, 0) is 14.4 Å². The number of carbonyl (C=O) groups excluding carboxylic acids is 3. The molecule has 3 saturated heterocycles. The summed E-state index contributed by atoms with van der Waals surface area (Å²) in [5.41, 5.74) is 0. The largest absolute Gasteiger partial charge is 0.351 e. The van der Waals surface area contributed by atoms with E-state index in [4.69, 9.17) is 0 Å². The fraction of sp³-hybridized carbons (Fsp3) is 0.769. The molecule has 0 spiro atoms. The fourth-order valence-corrected chi connectivity index (χ4v) is 3.57. The number of amides is 3. The third-order valence-corrected chi connectivity index (χ3v) is 4.39. The van der Waals surface area contributed by atoms with Gasteiger partial charge in [0.1, 0.15) is 12.1 Å². The summed E-state index contributed by atoms with van der Waals surface area (Å²) in [7, 11) is 0. The van der Waals surface area contributed by atoms with Crippen molar-refractivity contribution in [3.8, 4) is 0 Å². The molecular formula is C13H19N3O3. The minimum Gasteiger partial charge on any atom is -0.351 e. The van der Waals surface area contributed by atoms with Crippen molar-refractivity contribution in [3.05, 3.63) is 0 Å². The lowest BCUT2D eigenvalue weighted by atomic mass is 9.94. The normalized spacial score (nSPS) is 34.1. The number of hydrogen-bond acceptors (Lipinski definition) is 3. The van der Waals surface area contributed by atoms with E-state index in [0.717, 1.165) is 19.3 Å². The third-order valence-electron chi connectivity index (χ3n) is 4.39. The van der Waals surface area contributed by atoms with E-state index >= 15 is 0 Å². The van der Waals surface area contributed by atoms with E-state index in [1.165, 1.54) is 6.92 Å². The van der Waals surface area contributed by atoms with Crippen LogP contribution < -0.4 is 5.32 Å². The fourth-order valence-electron chi connectivity index (χ4n) is 3.57. The first-order valence-corrected chi connectivity index (χ1v) is 6.97. The van der Waals surface area contributed by atoms with Crippen LogP contribution in [0.2, 0.25) is 0 Å². The predicted molar refractivity (Wildman–Crippen MR) is 67.1 cm³/mol. The maximum Gasteiger partial charge on any atom is 0.248 e. The maximum absolute atomic E-state index is 12.6. The standard InChI is InChI=1S/C13H19N3O3/c1-8(17)14-9-5-7-16-11(9)13(19)15-6-3-2-4-10(15)12(16)18/h9-11H,2-7H2,1H3,(H,14,17). The van der Waals surface area contributed by atoms with Gasteiger partial charge in [0.2, 0.25) is 17.7 Å². The summed E-state index contributed by atoms with van der Waals surface area (Å²) < 4.78 is 0. The number of carbonyl (C=O) groups is 3. The molecule has 0 aromatic heterocycles. The zero-order valence-electron chi connectivity index (χ0n) is 11.1. The van der Waals surface area contributed by atoms with Crippen molar-refractivity contribution >= 4 is 17.7 Å². The molecule has 3 heterocycles. The Morgan fingerprint density at radius 3 is 2.63 bits per heavy atom. The van der Waals surface area contributed by atoms with Crippen LogP contribution in [0.1, 0.15) is 32.6 Å². The predicted octanol–water partition coefficient (Wildman–Crippen LogP) is -0.513. The lowest BCUT2D eigenvalue weighted by Crippen LogP contribution is -2.67. The van der Waals surface area contributed by atoms with E-state index in [9.17, 15) is 14.4 Å². The van der Waals surface area contributed by atoms with Crippen molar-refractivity contribution in [1.82, 2.24) is 15.1 Å². The zero-order chi connectivity index (χ0) is 13.6. The second kappa shape index (κ2) is 4.51. The Morgan fingerprint density at radius 2 is 1.89 bits per heavy atom. The third kappa shape index (κ3) is 1.89. The van der Waals surface area contributed by atoms with E-state index in [2.05, 4.69) is 5.32 Å². The van der Waals surface area contributed by atoms with Gasteiger partial charge in [-0.3, -0.25) is 14.4 Å². The number of piperazine rings is 1. The second-order valence-corrected chi connectivity index (χ2v) is 5.62. The summed E-state index contributed by atoms with van der Waals surface area (Å²) in [5.74, 6) is -0.0643. The van der Waals surface area contributed by atoms with Crippen LogP contribution in [0.4, 0.5) is 0 Å². The summed E-state index contributed by atoms with van der Waals surface area (Å²) in [6.07, 6.45) is 3.42. The number of nitrogens with one attached hydrogen (secondary N) is 1. The molecule has 3 aliphatic heterocycles. The smallest absolute Gasteiger partial charge is 0.248 e. The van der Waals surface area contributed by atoms with Gasteiger partial charge in [-0.15, -0.1) is 0 Å². The lowest BCUT2D eigenvalue weighted by Gasteiger charge is -2.45. The molecule has 19 heavy (non-hydrogen) atoms. The molecule has 3 rings (SSSR count). The minimum atomic E-state index is -0.481. The van der Waals surface area contributed by atoms with Crippen LogP contribution in [0.15, 0.2) is 0 Å². The van der Waals surface area contributed by atoms with Crippen LogP contribution in [0, 0.1) is 0 Å². The molecule has 0 radical (unpaired) electrons. The van der Waals surface area contributed by atoms with Crippen molar-refractivity contribution in [1.29, 1.82) is 0 Å². The highest BCUT2D eigenvalue weighted by molar-refractivity contribution is 5.98. The molecule has 0 bridgehead atoms. The Morgan fingerprint density at radius 1 is 1.11 bits per heavy atom. The molecule has 0 aliphatic carbocycles. The van der Waals surface area contributed by atoms with E-state index in [0.29, 0.717) is 19.5 Å². The minimum absolute atomic E-state index is 0.0144. The number of piperidine rings is 1. The zero-order valence-corrected chi connectivity index (χ0v) is 11.1. The van der Waals surface area contributed by atoms with Crippen LogP contribution in [0.25, 0.3) is 0 Å². The molecule has 3 fully saturated rings. The topological polar surface area (TPSA) is 69.7 Å². The molecule has 0 aromatic rings. The summed E-state index contributed by atoms with van der Waals surface area (Å²) in [5, 5.41) is 2.81. The summed E-state index contributed by atoms with van der Waals surface area (Å²) >= 11 is 0. The van der Waals surface area contributed by atoms with Crippen LogP contribution in [0.3, 0.4) is 0 Å². The highest BCUT2D eigenvalue weighted by atomic mass is 16.2. The molecule has 0 aromatic carbocycles.